The van der Waals surface area contributed by atoms with Crippen LogP contribution >= 0.6 is 12.4 Å². The van der Waals surface area contributed by atoms with E-state index in [9.17, 15) is 13.2 Å². The third kappa shape index (κ3) is 5.37. The van der Waals surface area contributed by atoms with Crippen LogP contribution in [0, 0.1) is 0 Å². The van der Waals surface area contributed by atoms with E-state index in [1.165, 1.54) is 0 Å². The van der Waals surface area contributed by atoms with Crippen molar-refractivity contribution in [1.29, 1.82) is 0 Å². The number of nitrogens with zero attached hydrogens (tertiary/aromatic N) is 1. The second kappa shape index (κ2) is 8.52. The van der Waals surface area contributed by atoms with Gasteiger partial charge in [0.25, 0.3) is 5.91 Å². The maximum atomic E-state index is 12.6. The van der Waals surface area contributed by atoms with Crippen LogP contribution in [0.3, 0.4) is 0 Å². The summed E-state index contributed by atoms with van der Waals surface area (Å²) in [6.45, 7) is 6.02. The Bertz CT molecular complexity index is 637. The van der Waals surface area contributed by atoms with Crippen LogP contribution in [0.25, 0.3) is 0 Å². The maximum Gasteiger partial charge on any atom is 0.254 e. The van der Waals surface area contributed by atoms with Crippen LogP contribution in [0.1, 0.15) is 30.6 Å². The van der Waals surface area contributed by atoms with E-state index in [1.807, 2.05) is 18.7 Å². The topological polar surface area (TPSA) is 78.5 Å². The molecule has 1 heterocycles. The average Bonchev–Trinajstić information content (AvgIpc) is 2.46. The summed E-state index contributed by atoms with van der Waals surface area (Å²) in [6, 6.07) is 6.80. The van der Waals surface area contributed by atoms with Gasteiger partial charge in [-0.25, -0.2) is 8.42 Å². The zero-order chi connectivity index (χ0) is 16.2. The highest BCUT2D eigenvalue weighted by Gasteiger charge is 2.24. The Balaban J connectivity index is 0.00000264. The molecule has 1 saturated heterocycles. The van der Waals surface area contributed by atoms with Crippen molar-refractivity contribution >= 4 is 34.0 Å². The predicted molar refractivity (Wildman–Crippen MR) is 94.8 cm³/mol. The Morgan fingerprint density at radius 3 is 2.83 bits per heavy atom. The lowest BCUT2D eigenvalue weighted by atomic mass is 10.1. The molecule has 1 aromatic rings. The van der Waals surface area contributed by atoms with E-state index in [4.69, 9.17) is 0 Å². The molecular formula is C15H24ClN3O3S. The van der Waals surface area contributed by atoms with E-state index < -0.39 is 10.0 Å². The van der Waals surface area contributed by atoms with Crippen LogP contribution in [0.5, 0.6) is 0 Å². The Morgan fingerprint density at radius 1 is 1.43 bits per heavy atom. The Hall–Kier alpha value is -1.31. The number of sulfonamides is 1. The molecule has 1 atom stereocenters. The van der Waals surface area contributed by atoms with Gasteiger partial charge in [-0.2, -0.15) is 0 Å². The summed E-state index contributed by atoms with van der Waals surface area (Å²) < 4.78 is 26.2. The second-order valence-electron chi connectivity index (χ2n) is 5.55. The zero-order valence-electron chi connectivity index (χ0n) is 13.4. The number of hydrogen-bond acceptors (Lipinski definition) is 4. The molecule has 1 aliphatic heterocycles. The van der Waals surface area contributed by atoms with Gasteiger partial charge < -0.3 is 10.2 Å². The normalized spacial score (nSPS) is 18.2. The molecule has 2 N–H and O–H groups in total. The summed E-state index contributed by atoms with van der Waals surface area (Å²) in [6.07, 6.45) is 0.548. The Labute approximate surface area is 144 Å². The molecule has 0 aliphatic carbocycles. The summed E-state index contributed by atoms with van der Waals surface area (Å²) in [7, 11) is -3.35. The molecule has 1 fully saturated rings. The molecule has 0 radical (unpaired) electrons. The average molecular weight is 362 g/mol. The lowest BCUT2D eigenvalue weighted by molar-refractivity contribution is 0.0656. The molecule has 0 saturated carbocycles. The highest BCUT2D eigenvalue weighted by Crippen LogP contribution is 2.16. The fourth-order valence-corrected chi connectivity index (χ4v) is 3.65. The van der Waals surface area contributed by atoms with Gasteiger partial charge in [-0.1, -0.05) is 13.0 Å². The summed E-state index contributed by atoms with van der Waals surface area (Å²) in [5.41, 5.74) is 0.938. The molecular weight excluding hydrogens is 338 g/mol. The minimum absolute atomic E-state index is 0. The maximum absolute atomic E-state index is 12.6. The van der Waals surface area contributed by atoms with Crippen molar-refractivity contribution < 1.29 is 13.2 Å². The molecule has 1 unspecified atom stereocenters. The Morgan fingerprint density at radius 2 is 2.17 bits per heavy atom. The van der Waals surface area contributed by atoms with Crippen LogP contribution in [-0.4, -0.2) is 50.7 Å². The summed E-state index contributed by atoms with van der Waals surface area (Å²) in [4.78, 5) is 14.4. The van der Waals surface area contributed by atoms with E-state index in [-0.39, 0.29) is 30.1 Å². The molecule has 0 aromatic heterocycles. The van der Waals surface area contributed by atoms with Crippen molar-refractivity contribution in [2.75, 3.05) is 30.1 Å². The van der Waals surface area contributed by atoms with Crippen LogP contribution < -0.4 is 10.0 Å². The predicted octanol–water partition coefficient (Wildman–Crippen LogP) is 1.69. The number of amides is 1. The number of hydrogen-bond donors (Lipinski definition) is 2. The quantitative estimate of drug-likeness (QED) is 0.836. The van der Waals surface area contributed by atoms with E-state index in [2.05, 4.69) is 10.0 Å². The standard InChI is InChI=1S/C15H23N3O3S.ClH/c1-3-9-22(20,21)17-14-6-4-5-13(10-14)15(19)18-8-7-16-11-12(18)2;/h4-6,10,12,16-17H,3,7-9,11H2,1-2H3;1H. The molecule has 23 heavy (non-hydrogen) atoms. The second-order valence-corrected chi connectivity index (χ2v) is 7.40. The summed E-state index contributed by atoms with van der Waals surface area (Å²) >= 11 is 0. The van der Waals surface area contributed by atoms with Crippen molar-refractivity contribution in [2.24, 2.45) is 0 Å². The lowest BCUT2D eigenvalue weighted by Crippen LogP contribution is -2.52. The van der Waals surface area contributed by atoms with E-state index >= 15 is 0 Å². The molecule has 8 heteroatoms. The number of carbonyl (C=O) groups is 1. The summed E-state index contributed by atoms with van der Waals surface area (Å²) in [5.74, 6) is 0.00513. The van der Waals surface area contributed by atoms with Crippen molar-refractivity contribution in [3.8, 4) is 0 Å². The molecule has 2 rings (SSSR count). The SMILES string of the molecule is CCCS(=O)(=O)Nc1cccc(C(=O)N2CCNCC2C)c1.Cl. The minimum atomic E-state index is -3.35. The number of anilines is 1. The van der Waals surface area contributed by atoms with Crippen molar-refractivity contribution in [1.82, 2.24) is 10.2 Å². The molecule has 0 spiro atoms. The van der Waals surface area contributed by atoms with Crippen molar-refractivity contribution in [3.05, 3.63) is 29.8 Å². The summed E-state index contributed by atoms with van der Waals surface area (Å²) in [5, 5.41) is 3.24. The van der Waals surface area contributed by atoms with E-state index in [0.29, 0.717) is 24.2 Å². The zero-order valence-corrected chi connectivity index (χ0v) is 15.0. The molecule has 1 amide bonds. The van der Waals surface area contributed by atoms with Gasteiger partial charge in [-0.3, -0.25) is 9.52 Å². The van der Waals surface area contributed by atoms with Crippen LogP contribution in [0.15, 0.2) is 24.3 Å². The number of carbonyl (C=O) groups excluding carboxylic acids is 1. The number of piperazine rings is 1. The van der Waals surface area contributed by atoms with Crippen LogP contribution in [0.4, 0.5) is 5.69 Å². The third-order valence-electron chi connectivity index (χ3n) is 3.62. The first-order chi connectivity index (χ1) is 10.4. The number of rotatable bonds is 5. The Kier molecular flexibility index (Phi) is 7.31. The van der Waals surface area contributed by atoms with Crippen molar-refractivity contribution in [2.45, 2.75) is 26.3 Å². The van der Waals surface area contributed by atoms with Crippen LogP contribution in [0.2, 0.25) is 0 Å². The first kappa shape index (κ1) is 19.7. The van der Waals surface area contributed by atoms with Gasteiger partial charge >= 0.3 is 0 Å². The number of benzene rings is 1. The highest BCUT2D eigenvalue weighted by atomic mass is 35.5. The minimum Gasteiger partial charge on any atom is -0.333 e. The van der Waals surface area contributed by atoms with Gasteiger partial charge in [-0.15, -0.1) is 12.4 Å². The monoisotopic (exact) mass is 361 g/mol. The number of halogens is 1. The smallest absolute Gasteiger partial charge is 0.254 e. The van der Waals surface area contributed by atoms with Gasteiger partial charge in [0, 0.05) is 36.9 Å². The molecule has 6 nitrogen and oxygen atoms in total. The highest BCUT2D eigenvalue weighted by molar-refractivity contribution is 7.92. The van der Waals surface area contributed by atoms with Gasteiger partial charge in [0.05, 0.1) is 5.75 Å². The van der Waals surface area contributed by atoms with Gasteiger partial charge in [-0.05, 0) is 31.5 Å². The molecule has 130 valence electrons. The molecule has 0 bridgehead atoms. The lowest BCUT2D eigenvalue weighted by Gasteiger charge is -2.34. The first-order valence-electron chi connectivity index (χ1n) is 7.55. The molecule has 1 aliphatic rings. The fourth-order valence-electron chi connectivity index (χ4n) is 2.52. The fraction of sp³-hybridized carbons (Fsp3) is 0.533. The van der Waals surface area contributed by atoms with E-state index in [0.717, 1.165) is 13.1 Å². The largest absolute Gasteiger partial charge is 0.333 e. The first-order valence-corrected chi connectivity index (χ1v) is 9.20. The van der Waals surface area contributed by atoms with Crippen LogP contribution in [-0.2, 0) is 10.0 Å². The number of nitrogens with one attached hydrogen (secondary N) is 2. The van der Waals surface area contributed by atoms with Gasteiger partial charge in [0.1, 0.15) is 0 Å². The third-order valence-corrected chi connectivity index (χ3v) is 5.11. The van der Waals surface area contributed by atoms with Gasteiger partial charge in [0.15, 0.2) is 0 Å². The van der Waals surface area contributed by atoms with Crippen molar-refractivity contribution in [3.63, 3.8) is 0 Å². The van der Waals surface area contributed by atoms with Gasteiger partial charge in [0.2, 0.25) is 10.0 Å². The van der Waals surface area contributed by atoms with E-state index in [1.54, 1.807) is 24.3 Å². The molecule has 1 aromatic carbocycles.